The van der Waals surface area contributed by atoms with E-state index >= 15 is 0 Å². The first kappa shape index (κ1) is 65.3. The molecule has 0 spiro atoms. The number of halogens is 1. The largest absolute Gasteiger partial charge is 0.515 e. The third-order valence-electron chi connectivity index (χ3n) is 14.3. The maximum Gasteiger partial charge on any atom is 0.495 e. The molecule has 0 aliphatic carbocycles. The van der Waals surface area contributed by atoms with Crippen molar-refractivity contribution in [2.75, 3.05) is 7.11 Å². The molecule has 0 radical (unpaired) electrons. The molecule has 3 aromatic heterocycles. The lowest BCUT2D eigenvalue weighted by molar-refractivity contribution is -0.677. The smallest absolute Gasteiger partial charge is 0.495 e. The topological polar surface area (TPSA) is 169 Å². The van der Waals surface area contributed by atoms with Gasteiger partial charge in [-0.25, -0.2) is 29.7 Å². The number of nitrogens with zero attached hydrogens (tertiary/aromatic N) is 5. The molecular formula is C80H64ClN6O6+. The Kier molecular flexibility index (Phi) is 23.9. The van der Waals surface area contributed by atoms with Crippen LogP contribution in [0.4, 0.5) is 0 Å². The first-order chi connectivity index (χ1) is 45.6. The number of esters is 1. The lowest BCUT2D eigenvalue weighted by Gasteiger charge is -2.10. The maximum absolute atomic E-state index is 12.1. The van der Waals surface area contributed by atoms with Crippen LogP contribution in [0.25, 0.3) is 72.7 Å². The highest BCUT2D eigenvalue weighted by Crippen LogP contribution is 2.32. The molecule has 0 bridgehead atoms. The van der Waals surface area contributed by atoms with Crippen molar-refractivity contribution in [3.05, 3.63) is 372 Å². The van der Waals surface area contributed by atoms with E-state index in [4.69, 9.17) is 16.3 Å². The zero-order valence-electron chi connectivity index (χ0n) is 51.0. The number of aromatic amines is 1. The van der Waals surface area contributed by atoms with Gasteiger partial charge in [-0.2, -0.15) is 9.36 Å². The summed E-state index contributed by atoms with van der Waals surface area (Å²) >= 11 is 5.93. The Morgan fingerprint density at radius 3 is 1.27 bits per heavy atom. The Morgan fingerprint density at radius 2 is 0.828 bits per heavy atom. The number of aliphatic hydroxyl groups excluding tert-OH is 1. The Hall–Kier alpha value is -12.1. The zero-order chi connectivity index (χ0) is 65.0. The lowest BCUT2D eigenvalue weighted by Crippen LogP contribution is -2.49. The first-order valence-electron chi connectivity index (χ1n) is 29.6. The first-order valence-corrected chi connectivity index (χ1v) is 30.0. The highest BCUT2D eigenvalue weighted by atomic mass is 35.5. The highest BCUT2D eigenvalue weighted by molar-refractivity contribution is 6.29. The lowest BCUT2D eigenvalue weighted by atomic mass is 9.98. The molecule has 0 fully saturated rings. The fourth-order valence-corrected chi connectivity index (χ4v) is 9.85. The van der Waals surface area contributed by atoms with Crippen LogP contribution in [0.15, 0.2) is 333 Å². The molecule has 10 aromatic carbocycles. The number of H-pyrrole nitrogens is 1. The van der Waals surface area contributed by atoms with Gasteiger partial charge in [0, 0.05) is 57.8 Å². The number of hydrogen-bond donors (Lipinski definition) is 2. The number of methoxy groups -OCH3 is 1. The third kappa shape index (κ3) is 18.3. The molecule has 3 heterocycles. The summed E-state index contributed by atoms with van der Waals surface area (Å²) in [5, 5.41) is 9.49. The minimum atomic E-state index is -0.545. The highest BCUT2D eigenvalue weighted by Gasteiger charge is 2.19. The molecule has 13 heteroatoms. The summed E-state index contributed by atoms with van der Waals surface area (Å²) in [5.74, 6) is -0.501. The Bertz CT molecular complexity index is 4580. The SMILES string of the molecule is COC(=O)c1ncc(-c2ccccc2)c(-c2ccccc2)n1.C[n+]1c(-c2ccccc2)c(-c2ccccc2)c[nH]c1=O.Clc1ncc(-c2ccccc2)c(-c2ccccc2)n1.O=C(C(=CO)c1ccccc1)c1ccccc1.O=C(Cc1ccccc1)c1ccccc1. The standard InChI is InChI=1S/C18H14N2O2.C17H14N2O.C16H11ClN2.C15H12O2.C14H12O/c1-22-18(21)17-19-12-15(13-8-4-2-5-9-13)16(20-17)14-10-6-3-7-11-14;1-19-16(14-10-6-3-7-11-14)15(12-18-17(19)20)13-8-4-2-5-9-13;17-16-18-11-14(12-7-3-1-4-8-12)15(19-16)13-9-5-2-6-10-13;16-11-14(12-7-3-1-4-8-12)15(17)13-9-5-2-6-10-13;15-14(13-9-5-2-6-10-13)11-12-7-3-1-4-8-12/h2-12H,1H3;2-12H,1H3;1-11H;1-11,16H;1-10H,11H2/p+1. The second-order valence-electron chi connectivity index (χ2n) is 20.5. The minimum absolute atomic E-state index is 0.0565. The van der Waals surface area contributed by atoms with Crippen LogP contribution in [0.1, 0.15) is 42.5 Å². The maximum atomic E-state index is 12.1. The minimum Gasteiger partial charge on any atom is -0.515 e. The van der Waals surface area contributed by atoms with Gasteiger partial charge in [0.05, 0.1) is 42.9 Å². The van der Waals surface area contributed by atoms with Crippen molar-refractivity contribution < 1.29 is 28.8 Å². The number of aliphatic hydroxyl groups is 1. The van der Waals surface area contributed by atoms with Crippen molar-refractivity contribution in [2.45, 2.75) is 6.42 Å². The fourth-order valence-electron chi connectivity index (χ4n) is 9.72. The van der Waals surface area contributed by atoms with Gasteiger partial charge in [-0.05, 0) is 39.4 Å². The van der Waals surface area contributed by atoms with Gasteiger partial charge < -0.3 is 9.84 Å². The van der Waals surface area contributed by atoms with Crippen LogP contribution in [0.5, 0.6) is 0 Å². The summed E-state index contributed by atoms with van der Waals surface area (Å²) in [4.78, 5) is 67.3. The van der Waals surface area contributed by atoms with Gasteiger partial charge in [-0.1, -0.05) is 303 Å². The van der Waals surface area contributed by atoms with E-state index in [9.17, 15) is 24.3 Å². The van der Waals surface area contributed by atoms with Crippen molar-refractivity contribution >= 4 is 34.7 Å². The summed E-state index contributed by atoms with van der Waals surface area (Å²) in [5.41, 5.74) is 14.8. The molecule has 0 saturated heterocycles. The van der Waals surface area contributed by atoms with Crippen LogP contribution in [-0.4, -0.2) is 54.7 Å². The van der Waals surface area contributed by atoms with E-state index in [0.29, 0.717) is 28.8 Å². The summed E-state index contributed by atoms with van der Waals surface area (Å²) in [6.07, 6.45) is 6.55. The average molecular weight is 1240 g/mol. The normalized spacial score (nSPS) is 10.4. The molecule has 2 N–H and O–H groups in total. The molecule has 0 aliphatic rings. The number of Topliss-reactive ketones (excluding diaryl/α,β-unsaturated/α-hetero) is 2. The van der Waals surface area contributed by atoms with Gasteiger partial charge in [-0.3, -0.25) is 9.59 Å². The van der Waals surface area contributed by atoms with E-state index in [1.807, 2.05) is 267 Å². The zero-order valence-corrected chi connectivity index (χ0v) is 51.7. The van der Waals surface area contributed by atoms with Crippen molar-refractivity contribution in [2.24, 2.45) is 7.05 Å². The summed E-state index contributed by atoms with van der Waals surface area (Å²) in [6.45, 7) is 0. The van der Waals surface area contributed by atoms with E-state index in [2.05, 4.69) is 24.9 Å². The average Bonchev–Trinajstić information content (AvgIpc) is 1.14. The van der Waals surface area contributed by atoms with Crippen molar-refractivity contribution in [3.8, 4) is 67.2 Å². The number of ether oxygens (including phenoxy) is 1. The Balaban J connectivity index is 0.000000138. The predicted molar refractivity (Wildman–Crippen MR) is 370 cm³/mol. The molecule has 0 saturated carbocycles. The molecule has 0 amide bonds. The van der Waals surface area contributed by atoms with Gasteiger partial charge >= 0.3 is 11.7 Å². The number of allylic oxidation sites excluding steroid dienone is 1. The Labute approximate surface area is 545 Å². The van der Waals surface area contributed by atoms with E-state index in [1.165, 1.54) is 7.11 Å². The molecule has 0 atom stereocenters. The second kappa shape index (κ2) is 34.0. The molecule has 93 heavy (non-hydrogen) atoms. The molecular weight excluding hydrogens is 1180 g/mol. The van der Waals surface area contributed by atoms with E-state index in [1.54, 1.807) is 66.6 Å². The van der Waals surface area contributed by atoms with Gasteiger partial charge in [0.1, 0.15) is 11.9 Å². The van der Waals surface area contributed by atoms with Crippen molar-refractivity contribution in [1.29, 1.82) is 0 Å². The molecule has 0 aliphatic heterocycles. The van der Waals surface area contributed by atoms with Crippen LogP contribution in [0.3, 0.4) is 0 Å². The van der Waals surface area contributed by atoms with Gasteiger partial charge in [-0.15, -0.1) is 0 Å². The monoisotopic (exact) mass is 1240 g/mol. The number of aromatic nitrogens is 6. The number of carbonyl (C=O) groups excluding carboxylic acids is 3. The van der Waals surface area contributed by atoms with Crippen molar-refractivity contribution in [3.63, 3.8) is 0 Å². The molecule has 456 valence electrons. The molecule has 12 nitrogen and oxygen atoms in total. The van der Waals surface area contributed by atoms with E-state index < -0.39 is 5.97 Å². The predicted octanol–water partition coefficient (Wildman–Crippen LogP) is 17.2. The van der Waals surface area contributed by atoms with Crippen LogP contribution in [0.2, 0.25) is 5.28 Å². The number of carbonyl (C=O) groups is 3. The summed E-state index contributed by atoms with van der Waals surface area (Å²) in [7, 11) is 3.10. The number of nitrogens with one attached hydrogen (secondary N) is 1. The molecule has 13 rings (SSSR count). The van der Waals surface area contributed by atoms with Gasteiger partial charge in [0.2, 0.25) is 11.1 Å². The number of rotatable bonds is 13. The van der Waals surface area contributed by atoms with Gasteiger partial charge in [0.25, 0.3) is 0 Å². The number of ketones is 2. The number of hydrogen-bond acceptors (Lipinski definition) is 10. The summed E-state index contributed by atoms with van der Waals surface area (Å²) < 4.78 is 6.36. The van der Waals surface area contributed by atoms with Crippen LogP contribution in [-0.2, 0) is 18.2 Å². The quantitative estimate of drug-likeness (QED) is 0.0283. The van der Waals surface area contributed by atoms with Gasteiger partial charge in [0.15, 0.2) is 11.6 Å². The Morgan fingerprint density at radius 1 is 0.462 bits per heavy atom. The van der Waals surface area contributed by atoms with Crippen LogP contribution >= 0.6 is 11.6 Å². The number of benzene rings is 10. The van der Waals surface area contributed by atoms with Crippen molar-refractivity contribution in [1.82, 2.24) is 24.9 Å². The van der Waals surface area contributed by atoms with E-state index in [0.717, 1.165) is 78.8 Å². The van der Waals surface area contributed by atoms with Crippen LogP contribution < -0.4 is 10.3 Å². The third-order valence-corrected chi connectivity index (χ3v) is 14.5. The van der Waals surface area contributed by atoms with E-state index in [-0.39, 0.29) is 28.4 Å². The fraction of sp³-hybridized carbons (Fsp3) is 0.0375. The molecule has 0 unspecified atom stereocenters. The van der Waals surface area contributed by atoms with Crippen LogP contribution in [0, 0.1) is 0 Å². The second-order valence-corrected chi connectivity index (χ2v) is 20.9. The molecule has 13 aromatic rings. The summed E-state index contributed by atoms with van der Waals surface area (Å²) in [6, 6.07) is 96.9.